The highest BCUT2D eigenvalue weighted by Gasteiger charge is 2.10. The van der Waals surface area contributed by atoms with E-state index in [9.17, 15) is 0 Å². The molecule has 2 rings (SSSR count). The van der Waals surface area contributed by atoms with Crippen LogP contribution in [-0.4, -0.2) is 16.8 Å². The molecule has 0 aliphatic carbocycles. The smallest absolute Gasteiger partial charge is 0.0700 e. The quantitative estimate of drug-likeness (QED) is 0.919. The van der Waals surface area contributed by atoms with Crippen LogP contribution in [0.5, 0.6) is 0 Å². The van der Waals surface area contributed by atoms with Crippen molar-refractivity contribution in [2.24, 2.45) is 7.05 Å². The lowest BCUT2D eigenvalue weighted by molar-refractivity contribution is 0.746. The molecule has 18 heavy (non-hydrogen) atoms. The van der Waals surface area contributed by atoms with Crippen molar-refractivity contribution in [3.8, 4) is 11.1 Å². The van der Waals surface area contributed by atoms with E-state index in [1.165, 1.54) is 11.1 Å². The van der Waals surface area contributed by atoms with Gasteiger partial charge in [-0.05, 0) is 36.7 Å². The first-order valence-corrected chi connectivity index (χ1v) is 6.49. The summed E-state index contributed by atoms with van der Waals surface area (Å²) in [5.74, 6) is 0. The Morgan fingerprint density at radius 3 is 2.83 bits per heavy atom. The Bertz CT molecular complexity index is 546. The first-order valence-electron chi connectivity index (χ1n) is 6.11. The largest absolute Gasteiger partial charge is 0.316 e. The molecule has 0 saturated carbocycles. The maximum Gasteiger partial charge on any atom is 0.0700 e. The van der Waals surface area contributed by atoms with Crippen molar-refractivity contribution in [1.82, 2.24) is 15.1 Å². The predicted molar refractivity (Wildman–Crippen MR) is 75.8 cm³/mol. The molecule has 1 heterocycles. The van der Waals surface area contributed by atoms with Gasteiger partial charge in [-0.15, -0.1) is 0 Å². The van der Waals surface area contributed by atoms with Crippen molar-refractivity contribution in [1.29, 1.82) is 0 Å². The average Bonchev–Trinajstić information content (AvgIpc) is 2.73. The summed E-state index contributed by atoms with van der Waals surface area (Å²) in [6.45, 7) is 2.89. The summed E-state index contributed by atoms with van der Waals surface area (Å²) in [6.07, 6.45) is 2.99. The van der Waals surface area contributed by atoms with Crippen molar-refractivity contribution in [2.75, 3.05) is 7.05 Å². The van der Waals surface area contributed by atoms with Crippen molar-refractivity contribution in [3.05, 3.63) is 40.7 Å². The number of hydrogen-bond acceptors (Lipinski definition) is 2. The maximum absolute atomic E-state index is 6.18. The highest BCUT2D eigenvalue weighted by atomic mass is 35.5. The van der Waals surface area contributed by atoms with E-state index in [0.717, 1.165) is 29.2 Å². The van der Waals surface area contributed by atoms with Crippen molar-refractivity contribution in [2.45, 2.75) is 19.9 Å². The lowest BCUT2D eigenvalue weighted by atomic mass is 10.0. The molecule has 0 fully saturated rings. The molecule has 0 aliphatic rings. The van der Waals surface area contributed by atoms with Crippen molar-refractivity contribution in [3.63, 3.8) is 0 Å². The SMILES string of the molecule is CCc1nn(C)cc1-c1ccc(Cl)c(CNC)c1. The Hall–Kier alpha value is -1.32. The molecule has 0 saturated heterocycles. The Kier molecular flexibility index (Phi) is 4.04. The van der Waals surface area contributed by atoms with Gasteiger partial charge in [0.1, 0.15) is 0 Å². The second kappa shape index (κ2) is 5.55. The van der Waals surface area contributed by atoms with E-state index in [4.69, 9.17) is 11.6 Å². The van der Waals surface area contributed by atoms with E-state index >= 15 is 0 Å². The molecule has 0 amide bonds. The molecule has 0 radical (unpaired) electrons. The summed E-state index contributed by atoms with van der Waals surface area (Å²) in [5.41, 5.74) is 4.60. The number of aromatic nitrogens is 2. The molecule has 0 atom stereocenters. The Morgan fingerprint density at radius 2 is 2.17 bits per heavy atom. The fourth-order valence-corrected chi connectivity index (χ4v) is 2.29. The van der Waals surface area contributed by atoms with Gasteiger partial charge in [0.2, 0.25) is 0 Å². The third-order valence-corrected chi connectivity index (χ3v) is 3.33. The van der Waals surface area contributed by atoms with Crippen LogP contribution in [0.1, 0.15) is 18.2 Å². The summed E-state index contributed by atoms with van der Waals surface area (Å²) in [6, 6.07) is 6.14. The molecule has 3 nitrogen and oxygen atoms in total. The van der Waals surface area contributed by atoms with Crippen LogP contribution in [0, 0.1) is 0 Å². The van der Waals surface area contributed by atoms with E-state index in [-0.39, 0.29) is 0 Å². The van der Waals surface area contributed by atoms with E-state index in [2.05, 4.69) is 35.7 Å². The van der Waals surface area contributed by atoms with Crippen LogP contribution in [0.2, 0.25) is 5.02 Å². The van der Waals surface area contributed by atoms with E-state index in [1.54, 1.807) is 0 Å². The zero-order valence-corrected chi connectivity index (χ0v) is 11.8. The van der Waals surface area contributed by atoms with Crippen LogP contribution >= 0.6 is 11.6 Å². The topological polar surface area (TPSA) is 29.9 Å². The minimum absolute atomic E-state index is 0.772. The molecule has 2 aromatic rings. The monoisotopic (exact) mass is 263 g/mol. The standard InChI is InChI=1S/C14H18ClN3/c1-4-14-12(9-18(3)17-14)10-5-6-13(15)11(7-10)8-16-2/h5-7,9,16H,4,8H2,1-3H3. The molecule has 1 N–H and O–H groups in total. The first kappa shape index (κ1) is 13.1. The second-order valence-electron chi connectivity index (χ2n) is 4.35. The van der Waals surface area contributed by atoms with Gasteiger partial charge < -0.3 is 5.32 Å². The van der Waals surface area contributed by atoms with E-state index < -0.39 is 0 Å². The molecule has 1 aromatic heterocycles. The zero-order chi connectivity index (χ0) is 13.1. The second-order valence-corrected chi connectivity index (χ2v) is 4.76. The highest BCUT2D eigenvalue weighted by molar-refractivity contribution is 6.31. The van der Waals surface area contributed by atoms with Crippen LogP contribution in [0.15, 0.2) is 24.4 Å². The molecule has 1 aromatic carbocycles. The Morgan fingerprint density at radius 1 is 1.39 bits per heavy atom. The number of nitrogens with one attached hydrogen (secondary N) is 1. The van der Waals surface area contributed by atoms with Crippen molar-refractivity contribution >= 4 is 11.6 Å². The number of nitrogens with zero attached hydrogens (tertiary/aromatic N) is 2. The predicted octanol–water partition coefficient (Wildman–Crippen LogP) is 3.02. The van der Waals surface area contributed by atoms with Gasteiger partial charge in [0.25, 0.3) is 0 Å². The van der Waals surface area contributed by atoms with Crippen LogP contribution in [0.4, 0.5) is 0 Å². The summed E-state index contributed by atoms with van der Waals surface area (Å²) >= 11 is 6.18. The maximum atomic E-state index is 6.18. The van der Waals surface area contributed by atoms with Crippen LogP contribution < -0.4 is 5.32 Å². The fraction of sp³-hybridized carbons (Fsp3) is 0.357. The van der Waals surface area contributed by atoms with Gasteiger partial charge in [0.05, 0.1) is 5.69 Å². The van der Waals surface area contributed by atoms with Gasteiger partial charge in [-0.2, -0.15) is 5.10 Å². The number of hydrogen-bond donors (Lipinski definition) is 1. The summed E-state index contributed by atoms with van der Waals surface area (Å²) in [5, 5.41) is 8.40. The van der Waals surface area contributed by atoms with Gasteiger partial charge in [-0.3, -0.25) is 4.68 Å². The third kappa shape index (κ3) is 2.57. The zero-order valence-electron chi connectivity index (χ0n) is 11.0. The van der Waals surface area contributed by atoms with Crippen LogP contribution in [-0.2, 0) is 20.0 Å². The van der Waals surface area contributed by atoms with Gasteiger partial charge in [-0.25, -0.2) is 0 Å². The summed E-state index contributed by atoms with van der Waals surface area (Å²) in [7, 11) is 3.87. The normalized spacial score (nSPS) is 10.9. The lowest BCUT2D eigenvalue weighted by Gasteiger charge is -2.07. The Labute approximate surface area is 113 Å². The molecular weight excluding hydrogens is 246 g/mol. The number of benzene rings is 1. The average molecular weight is 264 g/mol. The van der Waals surface area contributed by atoms with Gasteiger partial charge in [0.15, 0.2) is 0 Å². The molecular formula is C14H18ClN3. The molecule has 96 valence electrons. The molecule has 0 spiro atoms. The minimum atomic E-state index is 0.772. The molecule has 0 unspecified atom stereocenters. The van der Waals surface area contributed by atoms with Gasteiger partial charge in [-0.1, -0.05) is 24.6 Å². The third-order valence-electron chi connectivity index (χ3n) is 2.96. The first-order chi connectivity index (χ1) is 8.65. The number of aryl methyl sites for hydroxylation is 2. The lowest BCUT2D eigenvalue weighted by Crippen LogP contribution is -2.05. The number of rotatable bonds is 4. The number of halogens is 1. The minimum Gasteiger partial charge on any atom is -0.316 e. The van der Waals surface area contributed by atoms with Crippen LogP contribution in [0.3, 0.4) is 0 Å². The summed E-state index contributed by atoms with van der Waals surface area (Å²) < 4.78 is 1.86. The van der Waals surface area contributed by atoms with Crippen LogP contribution in [0.25, 0.3) is 11.1 Å². The van der Waals surface area contributed by atoms with E-state index in [1.807, 2.05) is 24.8 Å². The van der Waals surface area contributed by atoms with Crippen molar-refractivity contribution < 1.29 is 0 Å². The molecule has 0 bridgehead atoms. The molecule has 0 aliphatic heterocycles. The fourth-order valence-electron chi connectivity index (χ4n) is 2.10. The summed E-state index contributed by atoms with van der Waals surface area (Å²) in [4.78, 5) is 0. The van der Waals surface area contributed by atoms with Gasteiger partial charge in [0, 0.05) is 30.4 Å². The van der Waals surface area contributed by atoms with E-state index in [0.29, 0.717) is 0 Å². The van der Waals surface area contributed by atoms with Gasteiger partial charge >= 0.3 is 0 Å². The molecule has 4 heteroatoms. The Balaban J connectivity index is 2.46. The highest BCUT2D eigenvalue weighted by Crippen LogP contribution is 2.27.